The summed E-state index contributed by atoms with van der Waals surface area (Å²) < 4.78 is 10.8. The minimum absolute atomic E-state index is 0.0831. The molecule has 1 aliphatic rings. The van der Waals surface area contributed by atoms with Crippen molar-refractivity contribution in [2.24, 2.45) is 0 Å². The molecule has 5 heteroatoms. The summed E-state index contributed by atoms with van der Waals surface area (Å²) in [6.07, 6.45) is 0. The first kappa shape index (κ1) is 15.2. The van der Waals surface area contributed by atoms with Gasteiger partial charge in [-0.2, -0.15) is 0 Å². The standard InChI is InChI=1S/C20H15NO4/c22-19-13-24-18-8-4-3-7-17(18)21(19)12-20(23)25-16-10-9-14-5-1-2-6-15(14)11-16/h1-11H,12-13H2. The molecule has 124 valence electrons. The van der Waals surface area contributed by atoms with Gasteiger partial charge in [0, 0.05) is 0 Å². The molecule has 0 aromatic heterocycles. The number of rotatable bonds is 3. The molecule has 0 unspecified atom stereocenters. The quantitative estimate of drug-likeness (QED) is 0.546. The number of hydrogen-bond donors (Lipinski definition) is 0. The van der Waals surface area contributed by atoms with Gasteiger partial charge in [-0.1, -0.05) is 42.5 Å². The zero-order chi connectivity index (χ0) is 17.2. The van der Waals surface area contributed by atoms with Crippen LogP contribution in [0.3, 0.4) is 0 Å². The third kappa shape index (κ3) is 3.04. The molecular formula is C20H15NO4. The number of hydrogen-bond acceptors (Lipinski definition) is 4. The van der Waals surface area contributed by atoms with Crippen molar-refractivity contribution in [3.05, 3.63) is 66.7 Å². The Balaban J connectivity index is 1.52. The maximum absolute atomic E-state index is 12.3. The number of ether oxygens (including phenoxy) is 2. The van der Waals surface area contributed by atoms with Crippen LogP contribution >= 0.6 is 0 Å². The Morgan fingerprint density at radius 1 is 1.00 bits per heavy atom. The fourth-order valence-corrected chi connectivity index (χ4v) is 2.85. The van der Waals surface area contributed by atoms with Crippen LogP contribution in [0.5, 0.6) is 11.5 Å². The van der Waals surface area contributed by atoms with Crippen LogP contribution < -0.4 is 14.4 Å². The summed E-state index contributed by atoms with van der Waals surface area (Å²) in [7, 11) is 0. The number of amides is 1. The summed E-state index contributed by atoms with van der Waals surface area (Å²) in [5.74, 6) is 0.271. The minimum Gasteiger partial charge on any atom is -0.482 e. The van der Waals surface area contributed by atoms with E-state index in [1.165, 1.54) is 4.90 Å². The van der Waals surface area contributed by atoms with Gasteiger partial charge in [0.25, 0.3) is 5.91 Å². The highest BCUT2D eigenvalue weighted by molar-refractivity contribution is 6.01. The predicted octanol–water partition coefficient (Wildman–Crippen LogP) is 3.17. The minimum atomic E-state index is -0.500. The van der Waals surface area contributed by atoms with Crippen molar-refractivity contribution in [2.75, 3.05) is 18.1 Å². The molecule has 1 aliphatic heterocycles. The van der Waals surface area contributed by atoms with Crippen LogP contribution in [0.2, 0.25) is 0 Å². The van der Waals surface area contributed by atoms with Crippen LogP contribution in [-0.2, 0) is 9.59 Å². The summed E-state index contributed by atoms with van der Waals surface area (Å²) in [6.45, 7) is -0.244. The first-order chi connectivity index (χ1) is 12.2. The van der Waals surface area contributed by atoms with E-state index in [-0.39, 0.29) is 19.1 Å². The van der Waals surface area contributed by atoms with Crippen molar-refractivity contribution in [1.29, 1.82) is 0 Å². The second kappa shape index (κ2) is 6.28. The summed E-state index contributed by atoms with van der Waals surface area (Å²) in [5, 5.41) is 2.06. The Bertz CT molecular complexity index is 967. The molecule has 0 spiro atoms. The van der Waals surface area contributed by atoms with E-state index in [2.05, 4.69) is 0 Å². The highest BCUT2D eigenvalue weighted by Gasteiger charge is 2.27. The zero-order valence-corrected chi connectivity index (χ0v) is 13.3. The lowest BCUT2D eigenvalue weighted by Crippen LogP contribution is -2.43. The van der Waals surface area contributed by atoms with Crippen molar-refractivity contribution in [2.45, 2.75) is 0 Å². The molecule has 0 bridgehead atoms. The first-order valence-electron chi connectivity index (χ1n) is 7.92. The lowest BCUT2D eigenvalue weighted by atomic mass is 10.1. The molecule has 3 aromatic carbocycles. The van der Waals surface area contributed by atoms with E-state index in [1.54, 1.807) is 24.3 Å². The molecule has 0 saturated heterocycles. The molecule has 0 atom stereocenters. The van der Waals surface area contributed by atoms with Crippen molar-refractivity contribution in [1.82, 2.24) is 0 Å². The molecule has 0 radical (unpaired) electrons. The molecule has 0 saturated carbocycles. The molecular weight excluding hydrogens is 318 g/mol. The van der Waals surface area contributed by atoms with E-state index in [0.717, 1.165) is 10.8 Å². The highest BCUT2D eigenvalue weighted by Crippen LogP contribution is 2.31. The van der Waals surface area contributed by atoms with E-state index < -0.39 is 5.97 Å². The Kier molecular flexibility index (Phi) is 3.82. The monoisotopic (exact) mass is 333 g/mol. The van der Waals surface area contributed by atoms with Crippen molar-refractivity contribution >= 4 is 28.3 Å². The normalized spacial score (nSPS) is 13.3. The summed E-state index contributed by atoms with van der Waals surface area (Å²) >= 11 is 0. The van der Waals surface area contributed by atoms with E-state index >= 15 is 0 Å². The van der Waals surface area contributed by atoms with Crippen molar-refractivity contribution in [3.8, 4) is 11.5 Å². The first-order valence-corrected chi connectivity index (χ1v) is 7.92. The van der Waals surface area contributed by atoms with Gasteiger partial charge in [0.15, 0.2) is 6.61 Å². The molecule has 1 heterocycles. The molecule has 0 N–H and O–H groups in total. The summed E-state index contributed by atoms with van der Waals surface area (Å²) in [6, 6.07) is 20.4. The van der Waals surface area contributed by atoms with Gasteiger partial charge in [-0.05, 0) is 35.0 Å². The molecule has 0 aliphatic carbocycles. The summed E-state index contributed by atoms with van der Waals surface area (Å²) in [4.78, 5) is 25.8. The van der Waals surface area contributed by atoms with Gasteiger partial charge in [0.1, 0.15) is 18.0 Å². The molecule has 1 amide bonds. The molecule has 25 heavy (non-hydrogen) atoms. The van der Waals surface area contributed by atoms with Crippen molar-refractivity contribution in [3.63, 3.8) is 0 Å². The maximum Gasteiger partial charge on any atom is 0.331 e. The van der Waals surface area contributed by atoms with Crippen LogP contribution in [0, 0.1) is 0 Å². The smallest absolute Gasteiger partial charge is 0.331 e. The SMILES string of the molecule is O=C(CN1C(=O)COc2ccccc21)Oc1ccc2ccccc2c1. The number of esters is 1. The number of para-hydroxylation sites is 2. The third-order valence-corrected chi connectivity index (χ3v) is 4.05. The van der Waals surface area contributed by atoms with Crippen molar-refractivity contribution < 1.29 is 19.1 Å². The van der Waals surface area contributed by atoms with Gasteiger partial charge < -0.3 is 9.47 Å². The predicted molar refractivity (Wildman–Crippen MR) is 93.9 cm³/mol. The topological polar surface area (TPSA) is 55.8 Å². The molecule has 3 aromatic rings. The number of fused-ring (bicyclic) bond motifs is 2. The second-order valence-electron chi connectivity index (χ2n) is 5.72. The lowest BCUT2D eigenvalue weighted by molar-refractivity contribution is -0.134. The van der Waals surface area contributed by atoms with Gasteiger partial charge in [0.2, 0.25) is 0 Å². The summed E-state index contributed by atoms with van der Waals surface area (Å²) in [5.41, 5.74) is 0.578. The van der Waals surface area contributed by atoms with Gasteiger partial charge in [-0.15, -0.1) is 0 Å². The average Bonchev–Trinajstić information content (AvgIpc) is 2.64. The van der Waals surface area contributed by atoms with Gasteiger partial charge in [-0.3, -0.25) is 9.69 Å². The Morgan fingerprint density at radius 3 is 2.64 bits per heavy atom. The van der Waals surface area contributed by atoms with Crippen LogP contribution in [0.25, 0.3) is 10.8 Å². The van der Waals surface area contributed by atoms with E-state index in [0.29, 0.717) is 17.2 Å². The van der Waals surface area contributed by atoms with Gasteiger partial charge in [0.05, 0.1) is 5.69 Å². The maximum atomic E-state index is 12.3. The second-order valence-corrected chi connectivity index (χ2v) is 5.72. The van der Waals surface area contributed by atoms with Crippen LogP contribution in [-0.4, -0.2) is 25.0 Å². The number of nitrogens with zero attached hydrogens (tertiary/aromatic N) is 1. The number of carbonyl (C=O) groups excluding carboxylic acids is 2. The Labute approximate surface area is 144 Å². The van der Waals surface area contributed by atoms with E-state index in [1.807, 2.05) is 42.5 Å². The largest absolute Gasteiger partial charge is 0.482 e. The van der Waals surface area contributed by atoms with Gasteiger partial charge in [-0.25, -0.2) is 4.79 Å². The lowest BCUT2D eigenvalue weighted by Gasteiger charge is -2.28. The highest BCUT2D eigenvalue weighted by atomic mass is 16.5. The van der Waals surface area contributed by atoms with E-state index in [9.17, 15) is 9.59 Å². The van der Waals surface area contributed by atoms with Crippen LogP contribution in [0.15, 0.2) is 66.7 Å². The number of benzene rings is 3. The Hall–Kier alpha value is -3.34. The number of anilines is 1. The third-order valence-electron chi connectivity index (χ3n) is 4.05. The van der Waals surface area contributed by atoms with Crippen LogP contribution in [0.1, 0.15) is 0 Å². The van der Waals surface area contributed by atoms with Crippen LogP contribution in [0.4, 0.5) is 5.69 Å². The molecule has 4 rings (SSSR count). The van der Waals surface area contributed by atoms with E-state index in [4.69, 9.17) is 9.47 Å². The zero-order valence-electron chi connectivity index (χ0n) is 13.3. The number of carbonyl (C=O) groups is 2. The molecule has 0 fully saturated rings. The average molecular weight is 333 g/mol. The fraction of sp³-hybridized carbons (Fsp3) is 0.100. The fourth-order valence-electron chi connectivity index (χ4n) is 2.85. The molecule has 5 nitrogen and oxygen atoms in total. The Morgan fingerprint density at radius 2 is 1.76 bits per heavy atom. The van der Waals surface area contributed by atoms with Gasteiger partial charge >= 0.3 is 5.97 Å².